The van der Waals surface area contributed by atoms with Crippen LogP contribution in [0, 0.1) is 16.3 Å². The number of aryl methyl sites for hydroxylation is 1. The second-order valence-corrected chi connectivity index (χ2v) is 4.54. The molecule has 2 aromatic rings. The van der Waals surface area contributed by atoms with Gasteiger partial charge in [0.15, 0.2) is 0 Å². The number of aromatic nitrogens is 1. The smallest absolute Gasteiger partial charge is 0.132 e. The van der Waals surface area contributed by atoms with Crippen molar-refractivity contribution in [1.29, 1.82) is 0 Å². The predicted molar refractivity (Wildman–Crippen MR) is 67.1 cm³/mol. The second-order valence-electron chi connectivity index (χ2n) is 3.30. The highest BCUT2D eigenvalue weighted by atomic mass is 127. The molecular weight excluding hydrogens is 304 g/mol. The fourth-order valence-electron chi connectivity index (χ4n) is 1.48. The van der Waals surface area contributed by atoms with Crippen molar-refractivity contribution in [2.45, 2.75) is 6.92 Å². The molecule has 0 aliphatic heterocycles. The van der Waals surface area contributed by atoms with E-state index >= 15 is 0 Å². The Balaban J connectivity index is 2.60. The Morgan fingerprint density at radius 3 is 2.67 bits per heavy atom. The van der Waals surface area contributed by atoms with Crippen LogP contribution in [0.1, 0.15) is 5.56 Å². The maximum Gasteiger partial charge on any atom is 0.132 e. The first-order valence-electron chi connectivity index (χ1n) is 4.55. The molecule has 0 bridgehead atoms. The van der Waals surface area contributed by atoms with Crippen molar-refractivity contribution in [3.8, 4) is 11.3 Å². The van der Waals surface area contributed by atoms with Gasteiger partial charge in [-0.1, -0.05) is 12.1 Å². The molecule has 76 valence electrons. The summed E-state index contributed by atoms with van der Waals surface area (Å²) in [7, 11) is 0. The predicted octanol–water partition coefficient (Wildman–Crippen LogP) is 3.80. The van der Waals surface area contributed by atoms with Gasteiger partial charge in [-0.2, -0.15) is 0 Å². The number of pyridine rings is 1. The molecule has 0 saturated carbocycles. The summed E-state index contributed by atoms with van der Waals surface area (Å²) in [6.45, 7) is 1.94. The van der Waals surface area contributed by atoms with Gasteiger partial charge in [-0.3, -0.25) is 4.98 Å². The maximum atomic E-state index is 13.5. The van der Waals surface area contributed by atoms with E-state index in [1.54, 1.807) is 18.3 Å². The minimum Gasteiger partial charge on any atom is -0.255 e. The lowest BCUT2D eigenvalue weighted by atomic mass is 10.1. The van der Waals surface area contributed by atoms with Crippen LogP contribution in [0.25, 0.3) is 11.3 Å². The second kappa shape index (κ2) is 4.26. The van der Waals surface area contributed by atoms with Crippen molar-refractivity contribution in [1.82, 2.24) is 4.98 Å². The summed E-state index contributed by atoms with van der Waals surface area (Å²) >= 11 is 2.19. The lowest BCUT2D eigenvalue weighted by Crippen LogP contribution is -1.91. The summed E-state index contributed by atoms with van der Waals surface area (Å²) in [5.74, 6) is -0.227. The molecule has 2 rings (SSSR count). The van der Waals surface area contributed by atoms with Crippen molar-refractivity contribution >= 4 is 22.6 Å². The summed E-state index contributed by atoms with van der Waals surface area (Å²) in [6, 6.07) is 8.69. The molecule has 0 spiro atoms. The zero-order chi connectivity index (χ0) is 10.8. The van der Waals surface area contributed by atoms with Gasteiger partial charge in [0.05, 0.1) is 5.69 Å². The van der Waals surface area contributed by atoms with Crippen molar-refractivity contribution in [3.63, 3.8) is 0 Å². The number of hydrogen-bond acceptors (Lipinski definition) is 1. The first-order chi connectivity index (χ1) is 7.18. The van der Waals surface area contributed by atoms with E-state index < -0.39 is 0 Å². The molecule has 0 fully saturated rings. The molecule has 3 heteroatoms. The minimum atomic E-state index is -0.227. The molecule has 1 aromatic heterocycles. The summed E-state index contributed by atoms with van der Waals surface area (Å²) in [6.07, 6.45) is 1.75. The van der Waals surface area contributed by atoms with Crippen molar-refractivity contribution in [3.05, 3.63) is 51.5 Å². The SMILES string of the molecule is Cc1cc(I)cnc1-c1ccccc1F. The summed E-state index contributed by atoms with van der Waals surface area (Å²) in [5.41, 5.74) is 2.27. The van der Waals surface area contributed by atoms with E-state index in [4.69, 9.17) is 0 Å². The minimum absolute atomic E-state index is 0.227. The third kappa shape index (κ3) is 2.17. The highest BCUT2D eigenvalue weighted by Gasteiger charge is 2.08. The Kier molecular flexibility index (Phi) is 3.00. The number of rotatable bonds is 1. The van der Waals surface area contributed by atoms with Crippen LogP contribution in [0.3, 0.4) is 0 Å². The first kappa shape index (κ1) is 10.5. The molecule has 0 aliphatic rings. The highest BCUT2D eigenvalue weighted by molar-refractivity contribution is 14.1. The topological polar surface area (TPSA) is 12.9 Å². The van der Waals surface area contributed by atoms with E-state index in [0.717, 1.165) is 9.13 Å². The third-order valence-corrected chi connectivity index (χ3v) is 2.76. The van der Waals surface area contributed by atoms with Crippen LogP contribution in [0.15, 0.2) is 36.5 Å². The maximum absolute atomic E-state index is 13.5. The normalized spacial score (nSPS) is 10.3. The van der Waals surface area contributed by atoms with Gasteiger partial charge in [0.2, 0.25) is 0 Å². The molecule has 1 aromatic carbocycles. The fraction of sp³-hybridized carbons (Fsp3) is 0.0833. The van der Waals surface area contributed by atoms with Crippen LogP contribution in [0.5, 0.6) is 0 Å². The van der Waals surface area contributed by atoms with E-state index in [1.807, 2.05) is 19.1 Å². The fourth-order valence-corrected chi connectivity index (χ4v) is 2.08. The van der Waals surface area contributed by atoms with E-state index in [2.05, 4.69) is 27.6 Å². The van der Waals surface area contributed by atoms with Gasteiger partial charge in [0.1, 0.15) is 5.82 Å². The lowest BCUT2D eigenvalue weighted by molar-refractivity contribution is 0.630. The van der Waals surface area contributed by atoms with Gasteiger partial charge in [-0.15, -0.1) is 0 Å². The summed E-state index contributed by atoms with van der Waals surface area (Å²) in [4.78, 5) is 4.26. The third-order valence-electron chi connectivity index (χ3n) is 2.17. The molecule has 0 atom stereocenters. The Labute approximate surface area is 102 Å². The van der Waals surface area contributed by atoms with Crippen molar-refractivity contribution < 1.29 is 4.39 Å². The number of benzene rings is 1. The molecular formula is C12H9FIN. The average molecular weight is 313 g/mol. The largest absolute Gasteiger partial charge is 0.255 e. The van der Waals surface area contributed by atoms with Gasteiger partial charge >= 0.3 is 0 Å². The van der Waals surface area contributed by atoms with Crippen molar-refractivity contribution in [2.75, 3.05) is 0 Å². The van der Waals surface area contributed by atoms with Gasteiger partial charge in [0, 0.05) is 15.3 Å². The zero-order valence-corrected chi connectivity index (χ0v) is 10.3. The Morgan fingerprint density at radius 2 is 2.00 bits per heavy atom. The van der Waals surface area contributed by atoms with Crippen LogP contribution >= 0.6 is 22.6 Å². The van der Waals surface area contributed by atoms with Crippen LogP contribution in [-0.4, -0.2) is 4.98 Å². The van der Waals surface area contributed by atoms with Gasteiger partial charge in [0.25, 0.3) is 0 Å². The molecule has 15 heavy (non-hydrogen) atoms. The van der Waals surface area contributed by atoms with Crippen LogP contribution < -0.4 is 0 Å². The van der Waals surface area contributed by atoms with Crippen LogP contribution in [-0.2, 0) is 0 Å². The Bertz CT molecular complexity index is 497. The van der Waals surface area contributed by atoms with Crippen molar-refractivity contribution in [2.24, 2.45) is 0 Å². The van der Waals surface area contributed by atoms with Crippen LogP contribution in [0.2, 0.25) is 0 Å². The highest BCUT2D eigenvalue weighted by Crippen LogP contribution is 2.24. The molecule has 0 amide bonds. The quantitative estimate of drug-likeness (QED) is 0.730. The molecule has 0 aliphatic carbocycles. The number of halogens is 2. The van der Waals surface area contributed by atoms with E-state index in [-0.39, 0.29) is 5.82 Å². The Hall–Kier alpha value is -0.970. The molecule has 1 nitrogen and oxygen atoms in total. The summed E-state index contributed by atoms with van der Waals surface area (Å²) < 4.78 is 14.6. The Morgan fingerprint density at radius 1 is 1.27 bits per heavy atom. The number of nitrogens with zero attached hydrogens (tertiary/aromatic N) is 1. The van der Waals surface area contributed by atoms with Gasteiger partial charge in [-0.25, -0.2) is 4.39 Å². The molecule has 0 unspecified atom stereocenters. The van der Waals surface area contributed by atoms with E-state index in [1.165, 1.54) is 6.07 Å². The van der Waals surface area contributed by atoms with Crippen LogP contribution in [0.4, 0.5) is 4.39 Å². The van der Waals surface area contributed by atoms with E-state index in [9.17, 15) is 4.39 Å². The van der Waals surface area contributed by atoms with Gasteiger partial charge < -0.3 is 0 Å². The van der Waals surface area contributed by atoms with Gasteiger partial charge in [-0.05, 0) is 53.3 Å². The number of hydrogen-bond donors (Lipinski definition) is 0. The standard InChI is InChI=1S/C12H9FIN/c1-8-6-9(14)7-15-12(8)10-4-2-3-5-11(10)13/h2-7H,1H3. The monoisotopic (exact) mass is 313 g/mol. The zero-order valence-electron chi connectivity index (χ0n) is 8.17. The summed E-state index contributed by atoms with van der Waals surface area (Å²) in [5, 5.41) is 0. The molecule has 0 N–H and O–H groups in total. The average Bonchev–Trinajstić information content (AvgIpc) is 2.20. The molecule has 0 saturated heterocycles. The first-order valence-corrected chi connectivity index (χ1v) is 5.63. The lowest BCUT2D eigenvalue weighted by Gasteiger charge is -2.06. The molecule has 0 radical (unpaired) electrons. The van der Waals surface area contributed by atoms with E-state index in [0.29, 0.717) is 11.3 Å². The molecule has 1 heterocycles.